The Bertz CT molecular complexity index is 1040. The highest BCUT2D eigenvalue weighted by Crippen LogP contribution is 2.29. The summed E-state index contributed by atoms with van der Waals surface area (Å²) in [5.41, 5.74) is 1.71. The molecular weight excluding hydrogens is 398 g/mol. The Morgan fingerprint density at radius 1 is 1.16 bits per heavy atom. The number of carbonyl (C=O) groups is 1. The van der Waals surface area contributed by atoms with Gasteiger partial charge >= 0.3 is 0 Å². The number of nitrogens with one attached hydrogen (secondary N) is 1. The van der Waals surface area contributed by atoms with E-state index in [9.17, 15) is 9.90 Å². The van der Waals surface area contributed by atoms with Gasteiger partial charge in [0.2, 0.25) is 0 Å². The normalized spacial score (nSPS) is 17.2. The number of fused-ring (bicyclic) bond motifs is 1. The first kappa shape index (κ1) is 22.4. The Morgan fingerprint density at radius 2 is 1.97 bits per heavy atom. The number of likely N-dealkylation sites (tertiary alicyclic amines) is 1. The molecule has 0 aliphatic carbocycles. The minimum absolute atomic E-state index is 0.0823. The Morgan fingerprint density at radius 3 is 2.75 bits per heavy atom. The minimum atomic E-state index is -0.0823. The van der Waals surface area contributed by atoms with Gasteiger partial charge in [-0.05, 0) is 49.4 Å². The lowest BCUT2D eigenvalue weighted by Gasteiger charge is -2.38. The monoisotopic (exact) mass is 433 g/mol. The van der Waals surface area contributed by atoms with Gasteiger partial charge in [-0.3, -0.25) is 4.79 Å². The molecule has 1 aromatic heterocycles. The van der Waals surface area contributed by atoms with Crippen LogP contribution in [0.1, 0.15) is 55.5 Å². The molecule has 0 spiro atoms. The fourth-order valence-electron chi connectivity index (χ4n) is 4.92. The van der Waals surface area contributed by atoms with Crippen LogP contribution in [0.5, 0.6) is 5.88 Å². The van der Waals surface area contributed by atoms with Crippen LogP contribution in [0.2, 0.25) is 0 Å². The molecule has 1 atom stereocenters. The number of benzene rings is 2. The molecule has 0 radical (unpaired) electrons. The van der Waals surface area contributed by atoms with Crippen molar-refractivity contribution in [3.8, 4) is 5.88 Å². The second-order valence-electron chi connectivity index (χ2n) is 9.32. The van der Waals surface area contributed by atoms with Crippen LogP contribution in [0, 0.1) is 5.92 Å². The number of piperidine rings is 1. The molecular formula is C27H35N3O2. The molecule has 0 saturated carbocycles. The number of amides is 1. The van der Waals surface area contributed by atoms with E-state index in [1.165, 1.54) is 25.8 Å². The molecule has 5 nitrogen and oxygen atoms in total. The summed E-state index contributed by atoms with van der Waals surface area (Å²) in [5, 5.41) is 15.4. The van der Waals surface area contributed by atoms with Gasteiger partial charge in [0.25, 0.3) is 5.91 Å². The van der Waals surface area contributed by atoms with Crippen molar-refractivity contribution in [3.05, 3.63) is 65.9 Å². The largest absolute Gasteiger partial charge is 0.494 e. The van der Waals surface area contributed by atoms with E-state index in [0.717, 1.165) is 23.9 Å². The topological polar surface area (TPSA) is 57.5 Å². The van der Waals surface area contributed by atoms with E-state index in [1.54, 1.807) is 6.07 Å². The van der Waals surface area contributed by atoms with Crippen molar-refractivity contribution in [2.45, 2.75) is 52.1 Å². The molecule has 2 N–H and O–H groups in total. The highest BCUT2D eigenvalue weighted by Gasteiger charge is 2.24. The highest BCUT2D eigenvalue weighted by molar-refractivity contribution is 6.00. The van der Waals surface area contributed by atoms with Gasteiger partial charge < -0.3 is 19.9 Å². The highest BCUT2D eigenvalue weighted by atomic mass is 16.3. The summed E-state index contributed by atoms with van der Waals surface area (Å²) >= 11 is 0. The van der Waals surface area contributed by atoms with Crippen LogP contribution < -0.4 is 5.32 Å². The van der Waals surface area contributed by atoms with Crippen LogP contribution >= 0.6 is 0 Å². The molecule has 1 saturated heterocycles. The third-order valence-electron chi connectivity index (χ3n) is 6.66. The first-order valence-electron chi connectivity index (χ1n) is 11.9. The molecule has 2 heterocycles. The molecule has 1 amide bonds. The van der Waals surface area contributed by atoms with Crippen molar-refractivity contribution in [3.63, 3.8) is 0 Å². The van der Waals surface area contributed by atoms with E-state index in [1.807, 2.05) is 53.2 Å². The average molecular weight is 434 g/mol. The second kappa shape index (κ2) is 10.2. The zero-order valence-electron chi connectivity index (χ0n) is 19.3. The van der Waals surface area contributed by atoms with Crippen molar-refractivity contribution in [1.82, 2.24) is 14.8 Å². The quantitative estimate of drug-likeness (QED) is 0.490. The maximum atomic E-state index is 12.7. The lowest BCUT2D eigenvalue weighted by molar-refractivity contribution is 0.0937. The summed E-state index contributed by atoms with van der Waals surface area (Å²) in [6.07, 6.45) is 6.79. The van der Waals surface area contributed by atoms with Crippen LogP contribution in [0.3, 0.4) is 0 Å². The van der Waals surface area contributed by atoms with Crippen LogP contribution in [-0.4, -0.2) is 46.2 Å². The number of hydrogen-bond donors (Lipinski definition) is 2. The smallest absolute Gasteiger partial charge is 0.251 e. The minimum Gasteiger partial charge on any atom is -0.494 e. The molecule has 5 heteroatoms. The fourth-order valence-corrected chi connectivity index (χ4v) is 4.92. The zero-order valence-corrected chi connectivity index (χ0v) is 19.3. The van der Waals surface area contributed by atoms with Gasteiger partial charge in [-0.2, -0.15) is 0 Å². The standard InChI is InChI=1S/C27H35N3O2/c1-20(2)25-11-6-7-15-29(25)16-8-14-28-26(31)22-12-13-23-19-30(27(32)24(23)17-22)18-21-9-4-3-5-10-21/h3-5,9-10,12-13,17,19-20,25,32H,6-8,11,14-16,18H2,1-2H3,(H,28,31). The van der Waals surface area contributed by atoms with Gasteiger partial charge in [-0.15, -0.1) is 0 Å². The molecule has 2 aromatic carbocycles. The Labute approximate surface area is 191 Å². The lowest BCUT2D eigenvalue weighted by Crippen LogP contribution is -2.43. The predicted octanol–water partition coefficient (Wildman–Crippen LogP) is 5.03. The number of aromatic hydroxyl groups is 1. The maximum Gasteiger partial charge on any atom is 0.251 e. The summed E-state index contributed by atoms with van der Waals surface area (Å²) in [5.74, 6) is 0.794. The molecule has 1 unspecified atom stereocenters. The molecule has 1 aliphatic heterocycles. The van der Waals surface area contributed by atoms with E-state index >= 15 is 0 Å². The molecule has 170 valence electrons. The van der Waals surface area contributed by atoms with Crippen LogP contribution in [-0.2, 0) is 6.54 Å². The summed E-state index contributed by atoms with van der Waals surface area (Å²) in [6, 6.07) is 16.3. The van der Waals surface area contributed by atoms with Gasteiger partial charge in [0, 0.05) is 41.7 Å². The SMILES string of the molecule is CC(C)C1CCCCN1CCCNC(=O)c1ccc2cn(Cc3ccccc3)c(O)c2c1. The third-order valence-corrected chi connectivity index (χ3v) is 6.66. The Kier molecular flexibility index (Phi) is 7.15. The van der Waals surface area contributed by atoms with E-state index in [0.29, 0.717) is 36.0 Å². The van der Waals surface area contributed by atoms with E-state index in [4.69, 9.17) is 0 Å². The van der Waals surface area contributed by atoms with Crippen molar-refractivity contribution < 1.29 is 9.90 Å². The molecule has 3 aromatic rings. The van der Waals surface area contributed by atoms with E-state index in [-0.39, 0.29) is 11.8 Å². The lowest BCUT2D eigenvalue weighted by atomic mass is 9.92. The summed E-state index contributed by atoms with van der Waals surface area (Å²) in [6.45, 7) is 8.08. The molecule has 4 rings (SSSR count). The maximum absolute atomic E-state index is 12.7. The fraction of sp³-hybridized carbons (Fsp3) is 0.444. The number of nitrogens with zero attached hydrogens (tertiary/aromatic N) is 2. The zero-order chi connectivity index (χ0) is 22.5. The molecule has 0 bridgehead atoms. The van der Waals surface area contributed by atoms with Gasteiger partial charge in [0.15, 0.2) is 5.88 Å². The van der Waals surface area contributed by atoms with Gasteiger partial charge in [0.05, 0.1) is 6.54 Å². The summed E-state index contributed by atoms with van der Waals surface area (Å²) < 4.78 is 1.82. The Hall–Kier alpha value is -2.79. The number of rotatable bonds is 8. The second-order valence-corrected chi connectivity index (χ2v) is 9.32. The summed E-state index contributed by atoms with van der Waals surface area (Å²) in [7, 11) is 0. The van der Waals surface area contributed by atoms with Crippen molar-refractivity contribution >= 4 is 16.7 Å². The van der Waals surface area contributed by atoms with Crippen molar-refractivity contribution in [2.24, 2.45) is 5.92 Å². The first-order chi connectivity index (χ1) is 15.5. The predicted molar refractivity (Wildman–Crippen MR) is 130 cm³/mol. The molecule has 32 heavy (non-hydrogen) atoms. The Balaban J connectivity index is 1.35. The molecule has 1 aliphatic rings. The molecule has 1 fully saturated rings. The number of aromatic nitrogens is 1. The average Bonchev–Trinajstić information content (AvgIpc) is 3.12. The van der Waals surface area contributed by atoms with E-state index in [2.05, 4.69) is 24.1 Å². The van der Waals surface area contributed by atoms with Crippen LogP contribution in [0.4, 0.5) is 0 Å². The van der Waals surface area contributed by atoms with Gasteiger partial charge in [0.1, 0.15) is 0 Å². The number of carbonyl (C=O) groups excluding carboxylic acids is 1. The first-order valence-corrected chi connectivity index (χ1v) is 11.9. The van der Waals surface area contributed by atoms with Gasteiger partial charge in [-0.1, -0.05) is 56.7 Å². The third kappa shape index (κ3) is 5.16. The van der Waals surface area contributed by atoms with Gasteiger partial charge in [-0.25, -0.2) is 0 Å². The van der Waals surface area contributed by atoms with Crippen molar-refractivity contribution in [2.75, 3.05) is 19.6 Å². The number of hydrogen-bond acceptors (Lipinski definition) is 3. The van der Waals surface area contributed by atoms with Crippen LogP contribution in [0.15, 0.2) is 54.7 Å². The van der Waals surface area contributed by atoms with Crippen molar-refractivity contribution in [1.29, 1.82) is 0 Å². The van der Waals surface area contributed by atoms with Crippen LogP contribution in [0.25, 0.3) is 10.8 Å². The van der Waals surface area contributed by atoms with E-state index < -0.39 is 0 Å². The summed E-state index contributed by atoms with van der Waals surface area (Å²) in [4.78, 5) is 15.3.